The molecule has 6 heteroatoms. The molecule has 0 radical (unpaired) electrons. The van der Waals surface area contributed by atoms with Gasteiger partial charge in [0.1, 0.15) is 4.70 Å². The van der Waals surface area contributed by atoms with E-state index in [9.17, 15) is 4.79 Å². The van der Waals surface area contributed by atoms with Crippen molar-refractivity contribution in [3.05, 3.63) is 20.6 Å². The van der Waals surface area contributed by atoms with Crippen molar-refractivity contribution >= 4 is 33.9 Å². The van der Waals surface area contributed by atoms with Gasteiger partial charge < -0.3 is 4.57 Å². The summed E-state index contributed by atoms with van der Waals surface area (Å²) >= 11 is 6.40. The Kier molecular flexibility index (Phi) is 2.24. The zero-order valence-corrected chi connectivity index (χ0v) is 9.48. The van der Waals surface area contributed by atoms with Crippen LogP contribution in [-0.2, 0) is 13.6 Å². The number of aromatic nitrogens is 3. The molecule has 0 aromatic carbocycles. The van der Waals surface area contributed by atoms with Crippen molar-refractivity contribution in [1.82, 2.24) is 14.1 Å². The molecule has 0 aliphatic carbocycles. The van der Waals surface area contributed by atoms with Gasteiger partial charge in [0, 0.05) is 13.6 Å². The Morgan fingerprint density at radius 2 is 2.36 bits per heavy atom. The second kappa shape index (κ2) is 3.29. The third-order valence-corrected chi connectivity index (χ3v) is 3.63. The van der Waals surface area contributed by atoms with Crippen molar-refractivity contribution < 1.29 is 0 Å². The van der Waals surface area contributed by atoms with E-state index in [4.69, 9.17) is 12.2 Å². The van der Waals surface area contributed by atoms with E-state index in [2.05, 4.69) is 4.98 Å². The number of fused-ring (bicyclic) bond motifs is 1. The average molecular weight is 227 g/mol. The summed E-state index contributed by atoms with van der Waals surface area (Å²) in [4.78, 5) is 16.0. The molecule has 2 aromatic heterocycles. The van der Waals surface area contributed by atoms with Crippen molar-refractivity contribution in [2.24, 2.45) is 7.05 Å². The van der Waals surface area contributed by atoms with E-state index in [1.54, 1.807) is 15.5 Å². The summed E-state index contributed by atoms with van der Waals surface area (Å²) in [5, 5.41) is 0. The fourth-order valence-electron chi connectivity index (χ4n) is 1.26. The predicted molar refractivity (Wildman–Crippen MR) is 59.4 cm³/mol. The van der Waals surface area contributed by atoms with Crippen molar-refractivity contribution in [2.45, 2.75) is 13.5 Å². The molecular formula is C8H9N3OS2. The average Bonchev–Trinajstić information content (AvgIpc) is 2.46. The van der Waals surface area contributed by atoms with E-state index >= 15 is 0 Å². The summed E-state index contributed by atoms with van der Waals surface area (Å²) in [6, 6.07) is 0. The van der Waals surface area contributed by atoms with Crippen molar-refractivity contribution in [1.29, 1.82) is 0 Å². The number of hydrogen-bond acceptors (Lipinski definition) is 4. The van der Waals surface area contributed by atoms with Crippen LogP contribution >= 0.6 is 23.6 Å². The molecule has 0 saturated carbocycles. The molecule has 0 amide bonds. The van der Waals surface area contributed by atoms with Gasteiger partial charge >= 0.3 is 0 Å². The maximum Gasteiger partial charge on any atom is 0.272 e. The van der Waals surface area contributed by atoms with Gasteiger partial charge in [-0.05, 0) is 19.1 Å². The lowest BCUT2D eigenvalue weighted by Crippen LogP contribution is -2.18. The molecule has 0 saturated heterocycles. The van der Waals surface area contributed by atoms with Gasteiger partial charge in [-0.25, -0.2) is 4.98 Å². The summed E-state index contributed by atoms with van der Waals surface area (Å²) in [6.07, 6.45) is 1.56. The molecule has 0 aliphatic rings. The van der Waals surface area contributed by atoms with E-state index in [0.717, 1.165) is 0 Å². The molecule has 0 spiro atoms. The van der Waals surface area contributed by atoms with Crippen LogP contribution in [0.3, 0.4) is 0 Å². The lowest BCUT2D eigenvalue weighted by Gasteiger charge is -1.99. The molecule has 2 aromatic rings. The van der Waals surface area contributed by atoms with Crippen molar-refractivity contribution in [2.75, 3.05) is 0 Å². The number of thiazole rings is 1. The maximum atomic E-state index is 11.8. The SMILES string of the molecule is CCn1cnc2c(sc(=S)n2C)c1=O. The van der Waals surface area contributed by atoms with Gasteiger partial charge in [-0.1, -0.05) is 11.3 Å². The Hall–Kier alpha value is -1.01. The van der Waals surface area contributed by atoms with Crippen LogP contribution in [0.5, 0.6) is 0 Å². The van der Waals surface area contributed by atoms with Crippen LogP contribution in [0.25, 0.3) is 10.3 Å². The molecule has 0 aliphatic heterocycles. The van der Waals surface area contributed by atoms with Crippen LogP contribution in [0.15, 0.2) is 11.1 Å². The quantitative estimate of drug-likeness (QED) is 0.694. The summed E-state index contributed by atoms with van der Waals surface area (Å²) < 4.78 is 4.66. The van der Waals surface area contributed by atoms with E-state index in [-0.39, 0.29) is 5.56 Å². The number of rotatable bonds is 1. The molecule has 0 N–H and O–H groups in total. The summed E-state index contributed by atoms with van der Waals surface area (Å²) in [5.41, 5.74) is 0.670. The highest BCUT2D eigenvalue weighted by molar-refractivity contribution is 7.73. The van der Waals surface area contributed by atoms with Gasteiger partial charge in [-0.15, -0.1) is 0 Å². The standard InChI is InChI=1S/C8H9N3OS2/c1-3-11-4-9-6-5(7(11)12)14-8(13)10(6)2/h4H,3H2,1-2H3. The summed E-state index contributed by atoms with van der Waals surface area (Å²) in [5.74, 6) is 0. The van der Waals surface area contributed by atoms with E-state index < -0.39 is 0 Å². The first kappa shape index (κ1) is 9.54. The van der Waals surface area contributed by atoms with Crippen molar-refractivity contribution in [3.63, 3.8) is 0 Å². The molecule has 2 rings (SSSR count). The zero-order valence-electron chi connectivity index (χ0n) is 7.85. The second-order valence-corrected chi connectivity index (χ2v) is 4.56. The fourth-order valence-corrected chi connectivity index (χ4v) is 2.48. The Bertz CT molecular complexity index is 593. The second-order valence-electron chi connectivity index (χ2n) is 2.92. The monoisotopic (exact) mass is 227 g/mol. The van der Waals surface area contributed by atoms with Crippen LogP contribution in [-0.4, -0.2) is 14.1 Å². The highest BCUT2D eigenvalue weighted by Crippen LogP contribution is 2.15. The van der Waals surface area contributed by atoms with Gasteiger partial charge in [-0.2, -0.15) is 0 Å². The highest BCUT2D eigenvalue weighted by atomic mass is 32.1. The van der Waals surface area contributed by atoms with Gasteiger partial charge in [0.2, 0.25) is 0 Å². The summed E-state index contributed by atoms with van der Waals surface area (Å²) in [7, 11) is 1.82. The minimum atomic E-state index is -0.00537. The Balaban J connectivity index is 2.98. The Morgan fingerprint density at radius 3 is 3.00 bits per heavy atom. The molecule has 0 bridgehead atoms. The van der Waals surface area contributed by atoms with E-state index in [0.29, 0.717) is 20.8 Å². The lowest BCUT2D eigenvalue weighted by molar-refractivity contribution is 0.715. The van der Waals surface area contributed by atoms with Crippen LogP contribution in [0.1, 0.15) is 6.92 Å². The first-order chi connectivity index (χ1) is 6.65. The van der Waals surface area contributed by atoms with Crippen LogP contribution < -0.4 is 5.56 Å². The largest absolute Gasteiger partial charge is 0.311 e. The van der Waals surface area contributed by atoms with Crippen LogP contribution in [0.2, 0.25) is 0 Å². The fraction of sp³-hybridized carbons (Fsp3) is 0.375. The van der Waals surface area contributed by atoms with Gasteiger partial charge in [0.05, 0.1) is 6.33 Å². The van der Waals surface area contributed by atoms with Gasteiger partial charge in [0.25, 0.3) is 5.56 Å². The molecule has 0 fully saturated rings. The third kappa shape index (κ3) is 1.22. The molecule has 0 atom stereocenters. The molecular weight excluding hydrogens is 218 g/mol. The predicted octanol–water partition coefficient (Wildman–Crippen LogP) is 1.55. The normalized spacial score (nSPS) is 11.0. The first-order valence-corrected chi connectivity index (χ1v) is 5.42. The molecule has 74 valence electrons. The molecule has 4 nitrogen and oxygen atoms in total. The van der Waals surface area contributed by atoms with Crippen molar-refractivity contribution in [3.8, 4) is 0 Å². The van der Waals surface area contributed by atoms with Crippen LogP contribution in [0.4, 0.5) is 0 Å². The van der Waals surface area contributed by atoms with E-state index in [1.165, 1.54) is 11.3 Å². The molecule has 2 heterocycles. The van der Waals surface area contributed by atoms with Gasteiger partial charge in [0.15, 0.2) is 9.60 Å². The van der Waals surface area contributed by atoms with E-state index in [1.807, 2.05) is 14.0 Å². The zero-order chi connectivity index (χ0) is 10.3. The number of nitrogens with zero attached hydrogens (tertiary/aromatic N) is 3. The van der Waals surface area contributed by atoms with Gasteiger partial charge in [-0.3, -0.25) is 9.36 Å². The third-order valence-electron chi connectivity index (χ3n) is 2.10. The first-order valence-electron chi connectivity index (χ1n) is 4.20. The Labute approximate surface area is 89.4 Å². The van der Waals surface area contributed by atoms with Crippen LogP contribution in [0, 0.1) is 3.95 Å². The minimum Gasteiger partial charge on any atom is -0.311 e. The Morgan fingerprint density at radius 1 is 1.64 bits per heavy atom. The smallest absolute Gasteiger partial charge is 0.272 e. The lowest BCUT2D eigenvalue weighted by atomic mass is 10.5. The molecule has 14 heavy (non-hydrogen) atoms. The topological polar surface area (TPSA) is 39.8 Å². The number of hydrogen-bond donors (Lipinski definition) is 0. The molecule has 0 unspecified atom stereocenters. The maximum absolute atomic E-state index is 11.8. The number of aryl methyl sites for hydroxylation is 2. The summed E-state index contributed by atoms with van der Waals surface area (Å²) in [6.45, 7) is 2.55. The highest BCUT2D eigenvalue weighted by Gasteiger charge is 2.08. The minimum absolute atomic E-state index is 0.00537.